The number of alkyl halides is 3. The van der Waals surface area contributed by atoms with Gasteiger partial charge in [0.15, 0.2) is 6.61 Å². The van der Waals surface area contributed by atoms with E-state index in [4.69, 9.17) is 16.3 Å². The highest BCUT2D eigenvalue weighted by Gasteiger charge is 2.33. The Labute approximate surface area is 233 Å². The molecule has 40 heavy (non-hydrogen) atoms. The molecule has 0 aromatic heterocycles. The van der Waals surface area contributed by atoms with Crippen molar-refractivity contribution in [3.05, 3.63) is 94.5 Å². The molecule has 0 aliphatic heterocycles. The molecule has 0 aliphatic rings. The topological polar surface area (TPSA) is 117 Å². The molecule has 2 N–H and O–H groups in total. The fourth-order valence-corrected chi connectivity index (χ4v) is 4.38. The van der Waals surface area contributed by atoms with E-state index in [9.17, 15) is 31.2 Å². The van der Waals surface area contributed by atoms with Crippen LogP contribution in [0.2, 0.25) is 5.02 Å². The van der Waals surface area contributed by atoms with Crippen LogP contribution in [-0.2, 0) is 32.3 Å². The number of benzene rings is 3. The number of hydrogen-bond acceptors (Lipinski definition) is 6. The maximum absolute atomic E-state index is 13.1. The maximum atomic E-state index is 13.1. The molecule has 3 aromatic rings. The molecule has 14 heteroatoms. The van der Waals surface area contributed by atoms with E-state index in [0.717, 1.165) is 17.9 Å². The van der Waals surface area contributed by atoms with Gasteiger partial charge in [-0.15, -0.1) is 0 Å². The first-order valence-corrected chi connectivity index (χ1v) is 13.8. The lowest BCUT2D eigenvalue weighted by Crippen LogP contribution is -2.39. The monoisotopic (exact) mass is 596 g/mol. The number of hydrazone groups is 1. The second-order valence-electron chi connectivity index (χ2n) is 8.35. The van der Waals surface area contributed by atoms with Gasteiger partial charge in [0.05, 0.1) is 28.7 Å². The molecule has 0 atom stereocenters. The first-order chi connectivity index (χ1) is 18.8. The van der Waals surface area contributed by atoms with Crippen LogP contribution < -0.4 is 19.8 Å². The number of amides is 2. The lowest BCUT2D eigenvalue weighted by molar-refractivity contribution is -0.137. The SMILES string of the molecule is CS(=O)(=O)N(CC(=O)N/N=C\c1ccc(OCC(=O)NCc2ccccc2)cc1)c1cc(C(F)(F)F)ccc1Cl. The molecule has 3 aromatic carbocycles. The number of nitrogens with zero attached hydrogens (tertiary/aromatic N) is 2. The Morgan fingerprint density at radius 2 is 1.70 bits per heavy atom. The van der Waals surface area contributed by atoms with E-state index in [1.165, 1.54) is 6.21 Å². The van der Waals surface area contributed by atoms with E-state index >= 15 is 0 Å². The number of anilines is 1. The Morgan fingerprint density at radius 1 is 1.02 bits per heavy atom. The van der Waals surface area contributed by atoms with Crippen LogP contribution in [0.15, 0.2) is 77.9 Å². The van der Waals surface area contributed by atoms with Gasteiger partial charge in [-0.3, -0.25) is 13.9 Å². The summed E-state index contributed by atoms with van der Waals surface area (Å²) in [5.74, 6) is -0.804. The molecule has 2 amide bonds. The molecule has 0 aliphatic carbocycles. The Kier molecular flexibility index (Phi) is 10.1. The average Bonchev–Trinajstić information content (AvgIpc) is 2.90. The minimum absolute atomic E-state index is 0.191. The summed E-state index contributed by atoms with van der Waals surface area (Å²) in [7, 11) is -4.18. The van der Waals surface area contributed by atoms with Crippen molar-refractivity contribution in [1.82, 2.24) is 10.7 Å². The number of halogens is 4. The molecule has 3 rings (SSSR count). The summed E-state index contributed by atoms with van der Waals surface area (Å²) in [5, 5.41) is 6.20. The Bertz CT molecular complexity index is 1470. The van der Waals surface area contributed by atoms with Crippen LogP contribution in [0.1, 0.15) is 16.7 Å². The second kappa shape index (κ2) is 13.3. The van der Waals surface area contributed by atoms with Crippen molar-refractivity contribution in [2.75, 3.05) is 23.7 Å². The number of ether oxygens (including phenoxy) is 1. The van der Waals surface area contributed by atoms with Crippen molar-refractivity contribution in [1.29, 1.82) is 0 Å². The number of carbonyl (C=O) groups excluding carboxylic acids is 2. The van der Waals surface area contributed by atoms with Gasteiger partial charge in [0.25, 0.3) is 11.8 Å². The molecule has 0 unspecified atom stereocenters. The van der Waals surface area contributed by atoms with Crippen LogP contribution in [0.25, 0.3) is 0 Å². The fourth-order valence-electron chi connectivity index (χ4n) is 3.25. The van der Waals surface area contributed by atoms with E-state index in [0.29, 0.717) is 34.3 Å². The van der Waals surface area contributed by atoms with Crippen molar-refractivity contribution in [3.8, 4) is 5.75 Å². The van der Waals surface area contributed by atoms with Gasteiger partial charge in [-0.2, -0.15) is 18.3 Å². The average molecular weight is 597 g/mol. The Hall–Kier alpha value is -4.10. The van der Waals surface area contributed by atoms with E-state index in [1.54, 1.807) is 24.3 Å². The normalized spacial score (nSPS) is 11.7. The molecular formula is C26H24ClF3N4O5S. The summed E-state index contributed by atoms with van der Waals surface area (Å²) in [6.07, 6.45) is -2.75. The van der Waals surface area contributed by atoms with Crippen LogP contribution >= 0.6 is 11.6 Å². The third-order valence-corrected chi connectivity index (χ3v) is 6.66. The smallest absolute Gasteiger partial charge is 0.416 e. The van der Waals surface area contributed by atoms with E-state index in [1.807, 2.05) is 30.3 Å². The number of nitrogens with one attached hydrogen (secondary N) is 2. The van der Waals surface area contributed by atoms with Gasteiger partial charge in [0.2, 0.25) is 10.0 Å². The maximum Gasteiger partial charge on any atom is 0.416 e. The highest BCUT2D eigenvalue weighted by molar-refractivity contribution is 7.92. The molecule has 0 radical (unpaired) electrons. The summed E-state index contributed by atoms with van der Waals surface area (Å²) in [6.45, 7) is -0.682. The van der Waals surface area contributed by atoms with Gasteiger partial charge in [0.1, 0.15) is 12.3 Å². The first-order valence-electron chi connectivity index (χ1n) is 11.5. The van der Waals surface area contributed by atoms with E-state index in [2.05, 4.69) is 15.8 Å². The van der Waals surface area contributed by atoms with Gasteiger partial charge < -0.3 is 10.1 Å². The summed E-state index contributed by atoms with van der Waals surface area (Å²) >= 11 is 5.94. The van der Waals surface area contributed by atoms with E-state index < -0.39 is 39.9 Å². The van der Waals surface area contributed by atoms with Gasteiger partial charge >= 0.3 is 6.18 Å². The molecule has 0 fully saturated rings. The zero-order chi connectivity index (χ0) is 29.3. The number of rotatable bonds is 11. The van der Waals surface area contributed by atoms with Crippen LogP contribution in [0, 0.1) is 0 Å². The molecule has 212 valence electrons. The zero-order valence-corrected chi connectivity index (χ0v) is 22.6. The molecule has 9 nitrogen and oxygen atoms in total. The predicted molar refractivity (Wildman–Crippen MR) is 145 cm³/mol. The van der Waals surface area contributed by atoms with Crippen molar-refractivity contribution in [2.24, 2.45) is 5.10 Å². The first kappa shape index (κ1) is 30.4. The molecule has 0 saturated carbocycles. The minimum atomic E-state index is -4.75. The Balaban J connectivity index is 1.54. The van der Waals surface area contributed by atoms with Crippen molar-refractivity contribution in [3.63, 3.8) is 0 Å². The lowest BCUT2D eigenvalue weighted by Gasteiger charge is -2.23. The number of hydrogen-bond donors (Lipinski definition) is 2. The highest BCUT2D eigenvalue weighted by Crippen LogP contribution is 2.36. The van der Waals surface area contributed by atoms with Crippen molar-refractivity contribution < 1.29 is 35.9 Å². The van der Waals surface area contributed by atoms with Crippen LogP contribution in [-0.4, -0.2) is 45.9 Å². The number of carbonyl (C=O) groups is 2. The summed E-state index contributed by atoms with van der Waals surface area (Å²) in [6, 6.07) is 17.9. The standard InChI is InChI=1S/C26H24ClF3N4O5S/c1-40(37,38)34(23-13-20(26(28,29)30)9-12-22(23)27)16-24(35)33-32-15-19-7-10-21(11-8-19)39-17-25(36)31-14-18-5-3-2-4-6-18/h2-13,15H,14,16-17H2,1H3,(H,31,36)(H,33,35)/b32-15-. The summed E-state index contributed by atoms with van der Waals surface area (Å²) < 4.78 is 69.7. The molecular weight excluding hydrogens is 573 g/mol. The molecule has 0 bridgehead atoms. The predicted octanol–water partition coefficient (Wildman–Crippen LogP) is 3.97. The van der Waals surface area contributed by atoms with Gasteiger partial charge in [-0.1, -0.05) is 41.9 Å². The quantitative estimate of drug-likeness (QED) is 0.257. The highest BCUT2D eigenvalue weighted by atomic mass is 35.5. The summed E-state index contributed by atoms with van der Waals surface area (Å²) in [4.78, 5) is 24.3. The van der Waals surface area contributed by atoms with Crippen molar-refractivity contribution >= 4 is 45.3 Å². The molecule has 0 saturated heterocycles. The third kappa shape index (κ3) is 9.27. The van der Waals surface area contributed by atoms with Crippen molar-refractivity contribution in [2.45, 2.75) is 12.7 Å². The molecule has 0 heterocycles. The summed E-state index contributed by atoms with van der Waals surface area (Å²) in [5.41, 5.74) is 1.98. The van der Waals surface area contributed by atoms with Gasteiger partial charge in [-0.05, 0) is 53.6 Å². The fraction of sp³-hybridized carbons (Fsp3) is 0.192. The van der Waals surface area contributed by atoms with Crippen LogP contribution in [0.3, 0.4) is 0 Å². The third-order valence-electron chi connectivity index (χ3n) is 5.22. The van der Waals surface area contributed by atoms with Crippen LogP contribution in [0.4, 0.5) is 18.9 Å². The van der Waals surface area contributed by atoms with Crippen LogP contribution in [0.5, 0.6) is 5.75 Å². The van der Waals surface area contributed by atoms with Gasteiger partial charge in [-0.25, -0.2) is 13.8 Å². The largest absolute Gasteiger partial charge is 0.484 e. The van der Waals surface area contributed by atoms with Gasteiger partial charge in [0, 0.05) is 6.54 Å². The number of sulfonamides is 1. The Morgan fingerprint density at radius 3 is 2.33 bits per heavy atom. The zero-order valence-electron chi connectivity index (χ0n) is 21.0. The minimum Gasteiger partial charge on any atom is -0.484 e. The van der Waals surface area contributed by atoms with E-state index in [-0.39, 0.29) is 17.5 Å². The second-order valence-corrected chi connectivity index (χ2v) is 10.7. The molecule has 0 spiro atoms. The lowest BCUT2D eigenvalue weighted by atomic mass is 10.2.